The van der Waals surface area contributed by atoms with Crippen molar-refractivity contribution in [3.63, 3.8) is 0 Å². The smallest absolute Gasteiger partial charge is 0.262 e. The molecule has 20 heavy (non-hydrogen) atoms. The van der Waals surface area contributed by atoms with Gasteiger partial charge in [0.15, 0.2) is 0 Å². The average molecular weight is 313 g/mol. The lowest BCUT2D eigenvalue weighted by Crippen LogP contribution is -2.43. The second-order valence-electron chi connectivity index (χ2n) is 5.17. The van der Waals surface area contributed by atoms with Gasteiger partial charge in [-0.3, -0.25) is 19.4 Å². The van der Waals surface area contributed by atoms with Crippen molar-refractivity contribution in [1.29, 1.82) is 0 Å². The van der Waals surface area contributed by atoms with E-state index in [1.807, 2.05) is 0 Å². The van der Waals surface area contributed by atoms with Crippen molar-refractivity contribution < 1.29 is 9.59 Å². The fraction of sp³-hybridized carbons (Fsp3) is 0.429. The minimum absolute atomic E-state index is 0.283. The second kappa shape index (κ2) is 5.35. The quantitative estimate of drug-likeness (QED) is 0.788. The van der Waals surface area contributed by atoms with E-state index < -0.39 is 0 Å². The molecule has 0 aliphatic carbocycles. The number of carbonyl (C=O) groups excluding carboxylic acids is 2. The molecule has 0 unspecified atom stereocenters. The number of fused-ring (bicyclic) bond motifs is 1. The van der Waals surface area contributed by atoms with Crippen LogP contribution in [0.15, 0.2) is 12.1 Å². The lowest BCUT2D eigenvalue weighted by atomic mass is 10.1. The highest BCUT2D eigenvalue weighted by Crippen LogP contribution is 2.31. The van der Waals surface area contributed by atoms with Crippen molar-refractivity contribution in [2.24, 2.45) is 0 Å². The Morgan fingerprint density at radius 2 is 1.40 bits per heavy atom. The summed E-state index contributed by atoms with van der Waals surface area (Å²) in [5.74, 6) is -0.566. The fourth-order valence-corrected chi connectivity index (χ4v) is 3.04. The maximum atomic E-state index is 12.3. The number of rotatable bonds is 2. The number of nitrogens with zero attached hydrogens (tertiary/aromatic N) is 2. The molecule has 0 saturated carbocycles. The Kier molecular flexibility index (Phi) is 3.71. The largest absolute Gasteiger partial charge is 0.286 e. The molecule has 2 heterocycles. The number of carbonyl (C=O) groups is 2. The third-order valence-electron chi connectivity index (χ3n) is 3.80. The first-order chi connectivity index (χ1) is 9.58. The van der Waals surface area contributed by atoms with E-state index in [2.05, 4.69) is 4.90 Å². The van der Waals surface area contributed by atoms with Gasteiger partial charge >= 0.3 is 0 Å². The number of benzene rings is 1. The summed E-state index contributed by atoms with van der Waals surface area (Å²) in [6.45, 7) is 2.20. The first-order valence-electron chi connectivity index (χ1n) is 6.65. The molecule has 4 nitrogen and oxygen atoms in total. The van der Waals surface area contributed by atoms with Crippen LogP contribution in [-0.2, 0) is 0 Å². The van der Waals surface area contributed by atoms with Crippen molar-refractivity contribution in [3.05, 3.63) is 33.3 Å². The Labute approximate surface area is 127 Å². The number of amides is 2. The highest BCUT2D eigenvalue weighted by Gasteiger charge is 2.37. The molecule has 0 atom stereocenters. The van der Waals surface area contributed by atoms with E-state index in [9.17, 15) is 9.59 Å². The number of hydrogen-bond donors (Lipinski definition) is 0. The van der Waals surface area contributed by atoms with Crippen LogP contribution in [0.5, 0.6) is 0 Å². The molecule has 3 rings (SSSR count). The van der Waals surface area contributed by atoms with Crippen LogP contribution in [0, 0.1) is 0 Å². The minimum atomic E-state index is -0.283. The monoisotopic (exact) mass is 312 g/mol. The maximum Gasteiger partial charge on any atom is 0.262 e. The molecule has 6 heteroatoms. The molecule has 1 fully saturated rings. The van der Waals surface area contributed by atoms with Gasteiger partial charge in [-0.1, -0.05) is 29.6 Å². The van der Waals surface area contributed by atoms with Crippen LogP contribution < -0.4 is 0 Å². The van der Waals surface area contributed by atoms with E-state index in [0.717, 1.165) is 25.9 Å². The number of hydrogen-bond acceptors (Lipinski definition) is 3. The van der Waals surface area contributed by atoms with Crippen LogP contribution in [0.1, 0.15) is 40.0 Å². The molecule has 1 aromatic rings. The van der Waals surface area contributed by atoms with Crippen LogP contribution in [0.4, 0.5) is 0 Å². The zero-order chi connectivity index (χ0) is 14.3. The Morgan fingerprint density at radius 1 is 0.900 bits per heavy atom. The van der Waals surface area contributed by atoms with Crippen molar-refractivity contribution in [2.75, 3.05) is 19.8 Å². The third-order valence-corrected chi connectivity index (χ3v) is 4.52. The first kappa shape index (κ1) is 13.9. The molecule has 0 spiro atoms. The summed E-state index contributed by atoms with van der Waals surface area (Å²) in [6, 6.07) is 2.96. The summed E-state index contributed by atoms with van der Waals surface area (Å²) in [5.41, 5.74) is 0.697. The van der Waals surface area contributed by atoms with Gasteiger partial charge in [0, 0.05) is 0 Å². The number of halogens is 2. The molecule has 1 aromatic carbocycles. The van der Waals surface area contributed by atoms with Gasteiger partial charge in [-0.2, -0.15) is 0 Å². The van der Waals surface area contributed by atoms with E-state index in [0.29, 0.717) is 27.8 Å². The third kappa shape index (κ3) is 2.32. The van der Waals surface area contributed by atoms with Crippen molar-refractivity contribution >= 4 is 35.0 Å². The number of imide groups is 1. The molecule has 2 amide bonds. The average Bonchev–Trinajstić information content (AvgIpc) is 2.66. The van der Waals surface area contributed by atoms with Gasteiger partial charge in [0.25, 0.3) is 11.8 Å². The predicted octanol–water partition coefficient (Wildman–Crippen LogP) is 3.03. The van der Waals surface area contributed by atoms with Crippen molar-refractivity contribution in [1.82, 2.24) is 9.80 Å². The first-order valence-corrected chi connectivity index (χ1v) is 7.41. The summed E-state index contributed by atoms with van der Waals surface area (Å²) >= 11 is 11.8. The lowest BCUT2D eigenvalue weighted by molar-refractivity contribution is 0.0519. The molecule has 0 aromatic heterocycles. The molecule has 2 aliphatic rings. The fourth-order valence-electron chi connectivity index (χ4n) is 2.71. The minimum Gasteiger partial charge on any atom is -0.286 e. The summed E-state index contributed by atoms with van der Waals surface area (Å²) < 4.78 is 0. The van der Waals surface area contributed by atoms with Crippen molar-refractivity contribution in [3.8, 4) is 0 Å². The zero-order valence-corrected chi connectivity index (χ0v) is 12.4. The summed E-state index contributed by atoms with van der Waals surface area (Å²) in [5, 5.41) is 0.595. The van der Waals surface area contributed by atoms with Crippen molar-refractivity contribution in [2.45, 2.75) is 19.3 Å². The standard InChI is InChI=1S/C14H14Cl2N2O2/c15-11-6-9-10(7-12(11)16)14(20)18(13(9)19)8-17-4-2-1-3-5-17/h6-7H,1-5,8H2. The van der Waals surface area contributed by atoms with Gasteiger partial charge < -0.3 is 0 Å². The molecule has 0 radical (unpaired) electrons. The Balaban J connectivity index is 1.85. The normalized spacial score (nSPS) is 19.6. The van der Waals surface area contributed by atoms with E-state index in [-0.39, 0.29) is 11.8 Å². The van der Waals surface area contributed by atoms with Crippen LogP contribution in [0.3, 0.4) is 0 Å². The topological polar surface area (TPSA) is 40.6 Å². The van der Waals surface area contributed by atoms with E-state index in [1.54, 1.807) is 0 Å². The SMILES string of the molecule is O=C1c2cc(Cl)c(Cl)cc2C(=O)N1CN1CCCCC1. The van der Waals surface area contributed by atoms with Crippen LogP contribution in [0.25, 0.3) is 0 Å². The van der Waals surface area contributed by atoms with Gasteiger partial charge in [-0.05, 0) is 38.1 Å². The summed E-state index contributed by atoms with van der Waals surface area (Å²) in [6.07, 6.45) is 3.44. The number of likely N-dealkylation sites (tertiary alicyclic amines) is 1. The second-order valence-corrected chi connectivity index (χ2v) is 5.98. The molecular weight excluding hydrogens is 299 g/mol. The predicted molar refractivity (Wildman–Crippen MR) is 77.3 cm³/mol. The summed E-state index contributed by atoms with van der Waals surface area (Å²) in [4.78, 5) is 28.1. The number of piperidine rings is 1. The molecule has 1 saturated heterocycles. The van der Waals surface area contributed by atoms with E-state index in [1.165, 1.54) is 23.5 Å². The van der Waals surface area contributed by atoms with E-state index >= 15 is 0 Å². The van der Waals surface area contributed by atoms with Gasteiger partial charge in [0.2, 0.25) is 0 Å². The highest BCUT2D eigenvalue weighted by atomic mass is 35.5. The Hall–Kier alpha value is -1.10. The zero-order valence-electron chi connectivity index (χ0n) is 10.9. The Bertz CT molecular complexity index is 542. The van der Waals surface area contributed by atoms with Gasteiger partial charge in [0.05, 0.1) is 27.8 Å². The molecule has 0 bridgehead atoms. The van der Waals surface area contributed by atoms with Gasteiger partial charge in [0.1, 0.15) is 0 Å². The van der Waals surface area contributed by atoms with Gasteiger partial charge in [-0.15, -0.1) is 0 Å². The van der Waals surface area contributed by atoms with Crippen LogP contribution >= 0.6 is 23.2 Å². The van der Waals surface area contributed by atoms with Gasteiger partial charge in [-0.25, -0.2) is 0 Å². The highest BCUT2D eigenvalue weighted by molar-refractivity contribution is 6.43. The molecular formula is C14H14Cl2N2O2. The van der Waals surface area contributed by atoms with Crippen LogP contribution in [-0.4, -0.2) is 41.4 Å². The molecule has 0 N–H and O–H groups in total. The molecule has 106 valence electrons. The van der Waals surface area contributed by atoms with E-state index in [4.69, 9.17) is 23.2 Å². The maximum absolute atomic E-state index is 12.3. The molecule has 2 aliphatic heterocycles. The Morgan fingerprint density at radius 3 is 1.90 bits per heavy atom. The summed E-state index contributed by atoms with van der Waals surface area (Å²) in [7, 11) is 0. The lowest BCUT2D eigenvalue weighted by Gasteiger charge is -2.29. The van der Waals surface area contributed by atoms with Crippen LogP contribution in [0.2, 0.25) is 10.0 Å².